The number of esters is 1. The summed E-state index contributed by atoms with van der Waals surface area (Å²) in [4.78, 5) is 32.3. The fourth-order valence-corrected chi connectivity index (χ4v) is 1.47. The Hall–Kier alpha value is -1.65. The Labute approximate surface area is 80.4 Å². The lowest BCUT2D eigenvalue weighted by molar-refractivity contribution is -0.144. The Bertz CT molecular complexity index is 304. The van der Waals surface area contributed by atoms with Crippen LogP contribution >= 0.6 is 0 Å². The molecule has 0 fully saturated rings. The molecule has 0 aromatic heterocycles. The summed E-state index contributed by atoms with van der Waals surface area (Å²) in [5.74, 6) is -3.20. The minimum absolute atomic E-state index is 0.0668. The van der Waals surface area contributed by atoms with Crippen LogP contribution in [-0.2, 0) is 19.1 Å². The Morgan fingerprint density at radius 2 is 2.29 bits per heavy atom. The Morgan fingerprint density at radius 3 is 2.71 bits per heavy atom. The maximum absolute atomic E-state index is 11.1. The van der Waals surface area contributed by atoms with Crippen LogP contribution in [0, 0.1) is 11.8 Å². The average molecular weight is 198 g/mol. The summed E-state index contributed by atoms with van der Waals surface area (Å²) in [7, 11) is 1.18. The molecule has 0 saturated heterocycles. The molecule has 0 amide bonds. The third kappa shape index (κ3) is 1.81. The highest BCUT2D eigenvalue weighted by atomic mass is 16.5. The summed E-state index contributed by atoms with van der Waals surface area (Å²) in [6, 6.07) is 0. The first-order valence-corrected chi connectivity index (χ1v) is 4.08. The van der Waals surface area contributed by atoms with Gasteiger partial charge in [-0.25, -0.2) is 4.79 Å². The number of rotatable bonds is 3. The number of ether oxygens (including phenoxy) is 1. The Balaban J connectivity index is 2.91. The van der Waals surface area contributed by atoms with Gasteiger partial charge >= 0.3 is 11.9 Å². The smallest absolute Gasteiger partial charge is 0.334 e. The molecule has 2 atom stereocenters. The number of carbonyl (C=O) groups is 3. The lowest BCUT2D eigenvalue weighted by Crippen LogP contribution is -2.19. The summed E-state index contributed by atoms with van der Waals surface area (Å²) >= 11 is 0. The second-order valence-corrected chi connectivity index (χ2v) is 3.04. The van der Waals surface area contributed by atoms with Crippen molar-refractivity contribution in [1.82, 2.24) is 0 Å². The maximum atomic E-state index is 11.1. The van der Waals surface area contributed by atoms with Crippen molar-refractivity contribution in [3.05, 3.63) is 11.6 Å². The van der Waals surface area contributed by atoms with Crippen molar-refractivity contribution in [3.8, 4) is 0 Å². The lowest BCUT2D eigenvalue weighted by Gasteiger charge is -2.07. The zero-order chi connectivity index (χ0) is 10.7. The van der Waals surface area contributed by atoms with Crippen molar-refractivity contribution in [2.24, 2.45) is 11.8 Å². The van der Waals surface area contributed by atoms with E-state index in [-0.39, 0.29) is 12.0 Å². The second-order valence-electron chi connectivity index (χ2n) is 3.04. The van der Waals surface area contributed by atoms with E-state index in [9.17, 15) is 14.4 Å². The van der Waals surface area contributed by atoms with Crippen LogP contribution in [-0.4, -0.2) is 30.4 Å². The molecule has 1 aliphatic carbocycles. The molecule has 0 aromatic rings. The molecule has 0 saturated carbocycles. The van der Waals surface area contributed by atoms with Crippen LogP contribution in [0.4, 0.5) is 0 Å². The zero-order valence-corrected chi connectivity index (χ0v) is 7.60. The molecular formula is C9H10O5. The first-order chi connectivity index (χ1) is 6.60. The molecule has 0 heterocycles. The van der Waals surface area contributed by atoms with Crippen molar-refractivity contribution in [2.75, 3.05) is 7.11 Å². The molecule has 0 radical (unpaired) electrons. The second kappa shape index (κ2) is 4.04. The molecular weight excluding hydrogens is 188 g/mol. The Morgan fingerprint density at radius 1 is 1.64 bits per heavy atom. The molecule has 0 spiro atoms. The normalized spacial score (nSPS) is 25.4. The number of carbonyl (C=O) groups excluding carboxylic acids is 2. The van der Waals surface area contributed by atoms with Gasteiger partial charge in [-0.15, -0.1) is 0 Å². The average Bonchev–Trinajstić information content (AvgIpc) is 2.60. The summed E-state index contributed by atoms with van der Waals surface area (Å²) in [5, 5.41) is 8.78. The van der Waals surface area contributed by atoms with E-state index in [4.69, 9.17) is 5.11 Å². The van der Waals surface area contributed by atoms with Gasteiger partial charge in [0.05, 0.1) is 13.0 Å². The first kappa shape index (κ1) is 10.4. The molecule has 0 aromatic carbocycles. The number of aldehydes is 1. The van der Waals surface area contributed by atoms with Crippen molar-refractivity contribution in [3.63, 3.8) is 0 Å². The van der Waals surface area contributed by atoms with Gasteiger partial charge in [-0.3, -0.25) is 4.79 Å². The van der Waals surface area contributed by atoms with Crippen molar-refractivity contribution >= 4 is 18.2 Å². The summed E-state index contributed by atoms with van der Waals surface area (Å²) in [6.45, 7) is 0. The number of methoxy groups -OCH3 is 1. The molecule has 1 rings (SSSR count). The van der Waals surface area contributed by atoms with Gasteiger partial charge in [-0.2, -0.15) is 0 Å². The number of allylic oxidation sites excluding steroid dienone is 1. The summed E-state index contributed by atoms with van der Waals surface area (Å²) < 4.78 is 4.42. The van der Waals surface area contributed by atoms with Crippen LogP contribution in [0.1, 0.15) is 6.42 Å². The third-order valence-electron chi connectivity index (χ3n) is 2.17. The van der Waals surface area contributed by atoms with Crippen LogP contribution in [0.2, 0.25) is 0 Å². The largest absolute Gasteiger partial charge is 0.481 e. The highest BCUT2D eigenvalue weighted by Crippen LogP contribution is 2.30. The van der Waals surface area contributed by atoms with Crippen molar-refractivity contribution in [1.29, 1.82) is 0 Å². The summed E-state index contributed by atoms with van der Waals surface area (Å²) in [6.07, 6.45) is 2.13. The number of hydrogen-bond donors (Lipinski definition) is 1. The SMILES string of the molecule is COC(=O)C1=CC(C=O)CC1C(=O)O. The number of hydrogen-bond acceptors (Lipinski definition) is 4. The predicted molar refractivity (Wildman–Crippen MR) is 45.4 cm³/mol. The topological polar surface area (TPSA) is 80.7 Å². The standard InChI is InChI=1S/C9H10O5/c1-14-9(13)7-3-5(4-10)2-6(7)8(11)12/h3-6H,2H2,1H3,(H,11,12). The van der Waals surface area contributed by atoms with Gasteiger partial charge in [-0.05, 0) is 6.42 Å². The van der Waals surface area contributed by atoms with Crippen LogP contribution in [0.25, 0.3) is 0 Å². The van der Waals surface area contributed by atoms with E-state index in [0.717, 1.165) is 0 Å². The van der Waals surface area contributed by atoms with Crippen molar-refractivity contribution in [2.45, 2.75) is 6.42 Å². The van der Waals surface area contributed by atoms with Gasteiger partial charge in [0.15, 0.2) is 0 Å². The third-order valence-corrected chi connectivity index (χ3v) is 2.17. The van der Waals surface area contributed by atoms with E-state index >= 15 is 0 Å². The quantitative estimate of drug-likeness (QED) is 0.510. The monoisotopic (exact) mass is 198 g/mol. The highest BCUT2D eigenvalue weighted by Gasteiger charge is 2.35. The van der Waals surface area contributed by atoms with Crippen LogP contribution in [0.15, 0.2) is 11.6 Å². The molecule has 5 nitrogen and oxygen atoms in total. The molecule has 2 unspecified atom stereocenters. The van der Waals surface area contributed by atoms with E-state index < -0.39 is 23.8 Å². The van der Waals surface area contributed by atoms with Gasteiger partial charge in [0, 0.05) is 11.5 Å². The van der Waals surface area contributed by atoms with E-state index in [0.29, 0.717) is 6.29 Å². The Kier molecular flexibility index (Phi) is 3.01. The van der Waals surface area contributed by atoms with Crippen LogP contribution in [0.5, 0.6) is 0 Å². The van der Waals surface area contributed by atoms with Gasteiger partial charge < -0.3 is 14.6 Å². The molecule has 76 valence electrons. The minimum Gasteiger partial charge on any atom is -0.481 e. The highest BCUT2D eigenvalue weighted by molar-refractivity contribution is 5.96. The van der Waals surface area contributed by atoms with Gasteiger partial charge in [-0.1, -0.05) is 6.08 Å². The van der Waals surface area contributed by atoms with Crippen LogP contribution in [0.3, 0.4) is 0 Å². The maximum Gasteiger partial charge on any atom is 0.334 e. The van der Waals surface area contributed by atoms with E-state index in [1.165, 1.54) is 13.2 Å². The van der Waals surface area contributed by atoms with Gasteiger partial charge in [0.1, 0.15) is 6.29 Å². The number of carboxylic acids is 1. The molecule has 1 aliphatic rings. The molecule has 14 heavy (non-hydrogen) atoms. The molecule has 1 N–H and O–H groups in total. The predicted octanol–water partition coefficient (Wildman–Crippen LogP) is 0.00540. The van der Waals surface area contributed by atoms with Gasteiger partial charge in [0.2, 0.25) is 0 Å². The van der Waals surface area contributed by atoms with Crippen molar-refractivity contribution < 1.29 is 24.2 Å². The first-order valence-electron chi connectivity index (χ1n) is 4.08. The lowest BCUT2D eigenvalue weighted by atomic mass is 10.0. The number of aliphatic carboxylic acids is 1. The fraction of sp³-hybridized carbons (Fsp3) is 0.444. The minimum atomic E-state index is -1.11. The van der Waals surface area contributed by atoms with Gasteiger partial charge in [0.25, 0.3) is 0 Å². The van der Waals surface area contributed by atoms with E-state index in [1.807, 2.05) is 0 Å². The zero-order valence-electron chi connectivity index (χ0n) is 7.60. The van der Waals surface area contributed by atoms with E-state index in [1.54, 1.807) is 0 Å². The molecule has 0 aliphatic heterocycles. The molecule has 5 heteroatoms. The van der Waals surface area contributed by atoms with Crippen LogP contribution < -0.4 is 0 Å². The number of carboxylic acid groups (broad SMARTS) is 1. The molecule has 0 bridgehead atoms. The fourth-order valence-electron chi connectivity index (χ4n) is 1.47. The summed E-state index contributed by atoms with van der Waals surface area (Å²) in [5.41, 5.74) is 0.0668. The van der Waals surface area contributed by atoms with E-state index in [2.05, 4.69) is 4.74 Å².